The third kappa shape index (κ3) is 8.54. The molecule has 0 saturated heterocycles. The summed E-state index contributed by atoms with van der Waals surface area (Å²) in [5, 5.41) is 2.65. The van der Waals surface area contributed by atoms with Gasteiger partial charge in [-0.1, -0.05) is 124 Å². The third-order valence-corrected chi connectivity index (χ3v) is 9.15. The van der Waals surface area contributed by atoms with Crippen molar-refractivity contribution in [1.82, 2.24) is 4.90 Å². The maximum atomic E-state index is 2.53. The van der Waals surface area contributed by atoms with Crippen LogP contribution in [-0.2, 0) is 0 Å². The predicted molar refractivity (Wildman–Crippen MR) is 198 cm³/mol. The monoisotopic (exact) mass is 595 g/mol. The molecule has 2 atom stereocenters. The Hall–Kier alpha value is -4.10. The molecule has 0 amide bonds. The molecule has 2 unspecified atom stereocenters. The largest absolute Gasteiger partial charge is 0.321 e. The van der Waals surface area contributed by atoms with E-state index < -0.39 is 0 Å². The Labute approximate surface area is 273 Å². The highest BCUT2D eigenvalue weighted by Gasteiger charge is 2.25. The Bertz CT molecular complexity index is 1690. The minimum Gasteiger partial charge on any atom is -0.321 e. The van der Waals surface area contributed by atoms with Gasteiger partial charge in [-0.25, -0.2) is 0 Å². The zero-order valence-corrected chi connectivity index (χ0v) is 28.7. The second-order valence-electron chi connectivity index (χ2n) is 12.2. The zero-order chi connectivity index (χ0) is 32.2. The predicted octanol–water partition coefficient (Wildman–Crippen LogP) is 10.9. The molecule has 234 valence electrons. The van der Waals surface area contributed by atoms with E-state index in [0.29, 0.717) is 5.92 Å². The molecule has 1 heteroatoms. The Morgan fingerprint density at radius 3 is 2.47 bits per heavy atom. The molecule has 0 saturated carbocycles. The average Bonchev–Trinajstić information content (AvgIpc) is 3.07. The van der Waals surface area contributed by atoms with Gasteiger partial charge in [0.1, 0.15) is 0 Å². The number of hydrogen-bond acceptors (Lipinski definition) is 1. The lowest BCUT2D eigenvalue weighted by atomic mass is 9.83. The van der Waals surface area contributed by atoms with E-state index in [1.807, 2.05) is 0 Å². The summed E-state index contributed by atoms with van der Waals surface area (Å²) in [7, 11) is 0. The number of rotatable bonds is 11. The van der Waals surface area contributed by atoms with Gasteiger partial charge < -0.3 is 4.90 Å². The highest BCUT2D eigenvalue weighted by molar-refractivity contribution is 5.63. The summed E-state index contributed by atoms with van der Waals surface area (Å²) >= 11 is 0. The first-order valence-electron chi connectivity index (χ1n) is 17.0. The van der Waals surface area contributed by atoms with E-state index in [1.54, 1.807) is 0 Å². The molecule has 2 aliphatic carbocycles. The zero-order valence-electron chi connectivity index (χ0n) is 28.7. The van der Waals surface area contributed by atoms with E-state index in [4.69, 9.17) is 0 Å². The molecule has 0 fully saturated rings. The summed E-state index contributed by atoms with van der Waals surface area (Å²) < 4.78 is 0. The number of allylic oxidation sites excluding steroid dienone is 15. The topological polar surface area (TPSA) is 3.24 Å². The van der Waals surface area contributed by atoms with E-state index >= 15 is 0 Å². The van der Waals surface area contributed by atoms with Crippen LogP contribution in [0.5, 0.6) is 0 Å². The van der Waals surface area contributed by atoms with Crippen LogP contribution in [0.1, 0.15) is 90.7 Å². The maximum absolute atomic E-state index is 2.53. The first-order valence-corrected chi connectivity index (χ1v) is 17.0. The lowest BCUT2D eigenvalue weighted by Crippen LogP contribution is -2.26. The van der Waals surface area contributed by atoms with E-state index in [9.17, 15) is 0 Å². The van der Waals surface area contributed by atoms with Crippen molar-refractivity contribution >= 4 is 11.6 Å². The van der Waals surface area contributed by atoms with Gasteiger partial charge in [0.05, 0.1) is 0 Å². The smallest absolute Gasteiger partial charge is 0.0297 e. The lowest BCUT2D eigenvalue weighted by Gasteiger charge is -2.35. The van der Waals surface area contributed by atoms with Crippen LogP contribution in [0.3, 0.4) is 0 Å². The summed E-state index contributed by atoms with van der Waals surface area (Å²) in [6.45, 7) is 15.7. The maximum Gasteiger partial charge on any atom is 0.0297 e. The average molecular weight is 596 g/mol. The molecular formula is C44H53N. The molecule has 2 aliphatic rings. The Balaban J connectivity index is 1.80. The quantitative estimate of drug-likeness (QED) is 0.234. The van der Waals surface area contributed by atoms with Gasteiger partial charge in [-0.3, -0.25) is 0 Å². The van der Waals surface area contributed by atoms with Crippen molar-refractivity contribution in [2.45, 2.75) is 86.5 Å². The molecule has 2 aromatic rings. The Morgan fingerprint density at radius 1 is 0.978 bits per heavy atom. The van der Waals surface area contributed by atoms with Crippen LogP contribution < -0.4 is 10.4 Å². The van der Waals surface area contributed by atoms with Gasteiger partial charge in [0, 0.05) is 28.9 Å². The van der Waals surface area contributed by atoms with Gasteiger partial charge in [-0.05, 0) is 116 Å². The van der Waals surface area contributed by atoms with Crippen molar-refractivity contribution in [1.29, 1.82) is 0 Å². The second-order valence-corrected chi connectivity index (χ2v) is 12.2. The van der Waals surface area contributed by atoms with Crippen molar-refractivity contribution in [2.75, 3.05) is 0 Å². The fraction of sp³-hybridized carbons (Fsp3) is 0.318. The molecule has 0 radical (unpaired) electrons. The standard InChI is InChI=1S/C44H53N/c1-8-11-29-44(36(7)39-23-19-24-40(32-39)42-27-17-15-21-33(42)4)45(41-25-13-12-14-26-41)34(5)30-31-37(10-3)35(6)43-28-18-16-22-38(43)20-9-2/h8,11-13,15-23,25,27-32,36,40H,9-10,14,24,26H2,1-7H3/b11-8-,34-30+,37-31+,38-20-,43-35+,44-29+. The fourth-order valence-corrected chi connectivity index (χ4v) is 6.58. The Kier molecular flexibility index (Phi) is 12.6. The molecule has 1 nitrogen and oxygen atoms in total. The van der Waals surface area contributed by atoms with Crippen molar-refractivity contribution in [3.63, 3.8) is 0 Å². The molecule has 0 aromatic heterocycles. The van der Waals surface area contributed by atoms with Crippen LogP contribution in [0, 0.1) is 12.8 Å². The van der Waals surface area contributed by atoms with Crippen molar-refractivity contribution < 1.29 is 0 Å². The highest BCUT2D eigenvalue weighted by Crippen LogP contribution is 2.37. The number of nitrogens with zero attached hydrogens (tertiary/aromatic N) is 1. The summed E-state index contributed by atoms with van der Waals surface area (Å²) in [4.78, 5) is 2.53. The van der Waals surface area contributed by atoms with Gasteiger partial charge in [0.15, 0.2) is 0 Å². The molecule has 0 spiro atoms. The van der Waals surface area contributed by atoms with E-state index in [0.717, 1.165) is 32.1 Å². The van der Waals surface area contributed by atoms with Gasteiger partial charge in [-0.2, -0.15) is 0 Å². The third-order valence-electron chi connectivity index (χ3n) is 9.15. The van der Waals surface area contributed by atoms with Gasteiger partial charge >= 0.3 is 0 Å². The fourth-order valence-electron chi connectivity index (χ4n) is 6.58. The number of hydrogen-bond donors (Lipinski definition) is 0. The Morgan fingerprint density at radius 2 is 1.76 bits per heavy atom. The molecule has 0 aliphatic heterocycles. The van der Waals surface area contributed by atoms with Crippen LogP contribution >= 0.6 is 0 Å². The van der Waals surface area contributed by atoms with Gasteiger partial charge in [0.25, 0.3) is 0 Å². The van der Waals surface area contributed by atoms with E-state index in [-0.39, 0.29) is 5.92 Å². The highest BCUT2D eigenvalue weighted by atomic mass is 15.2. The van der Waals surface area contributed by atoms with Crippen LogP contribution in [0.25, 0.3) is 11.6 Å². The molecule has 0 heterocycles. The molecular weight excluding hydrogens is 542 g/mol. The first-order chi connectivity index (χ1) is 21.9. The molecule has 0 N–H and O–H groups in total. The van der Waals surface area contributed by atoms with Crippen molar-refractivity contribution in [3.8, 4) is 0 Å². The van der Waals surface area contributed by atoms with Crippen LogP contribution in [0.2, 0.25) is 0 Å². The molecule has 2 aromatic carbocycles. The van der Waals surface area contributed by atoms with E-state index in [1.165, 1.54) is 55.4 Å². The lowest BCUT2D eigenvalue weighted by molar-refractivity contribution is 0.452. The molecule has 45 heavy (non-hydrogen) atoms. The first kappa shape index (κ1) is 33.8. The van der Waals surface area contributed by atoms with Gasteiger partial charge in [0.2, 0.25) is 0 Å². The normalized spacial score (nSPS) is 19.5. The van der Waals surface area contributed by atoms with Crippen molar-refractivity contribution in [3.05, 3.63) is 165 Å². The summed E-state index contributed by atoms with van der Waals surface area (Å²) in [5.41, 5.74) is 10.8. The van der Waals surface area contributed by atoms with Crippen LogP contribution in [0.15, 0.2) is 144 Å². The minimum absolute atomic E-state index is 0.221. The van der Waals surface area contributed by atoms with E-state index in [2.05, 4.69) is 175 Å². The molecule has 4 rings (SSSR count). The minimum atomic E-state index is 0.221. The summed E-state index contributed by atoms with van der Waals surface area (Å²) in [6, 6.07) is 17.6. The van der Waals surface area contributed by atoms with Crippen LogP contribution in [-0.4, -0.2) is 4.90 Å². The second kappa shape index (κ2) is 16.8. The summed E-state index contributed by atoms with van der Waals surface area (Å²) in [6.07, 6.45) is 32.9. The van der Waals surface area contributed by atoms with Crippen LogP contribution in [0.4, 0.5) is 0 Å². The number of benzene rings is 2. The van der Waals surface area contributed by atoms with Gasteiger partial charge in [-0.15, -0.1) is 0 Å². The molecule has 0 bridgehead atoms. The SMILES string of the molecule is C/C=C\C=C(/C(C)C1=CC(c2ccccc2C)CC=C1)N(C1=CC=CCC1)/C(C)=C/C=C(CC)/C(C)=c1\cccc\c1=C\CC. The number of aryl methyl sites for hydroxylation is 1. The van der Waals surface area contributed by atoms with Crippen molar-refractivity contribution in [2.24, 2.45) is 5.92 Å². The summed E-state index contributed by atoms with van der Waals surface area (Å²) in [5.74, 6) is 0.624.